The molecule has 0 spiro atoms. The molecule has 1 aromatic carbocycles. The Morgan fingerprint density at radius 1 is 1.12 bits per heavy atom. The van der Waals surface area contributed by atoms with E-state index in [1.807, 2.05) is 6.92 Å². The Hall–Kier alpha value is -3.43. The molecule has 1 fully saturated rings. The van der Waals surface area contributed by atoms with Crippen molar-refractivity contribution in [2.45, 2.75) is 37.3 Å². The maximum atomic E-state index is 13.3. The summed E-state index contributed by atoms with van der Waals surface area (Å²) in [6, 6.07) is 12.3. The van der Waals surface area contributed by atoms with E-state index in [9.17, 15) is 13.5 Å². The predicted octanol–water partition coefficient (Wildman–Crippen LogP) is 4.02. The third kappa shape index (κ3) is 2.81. The Morgan fingerprint density at radius 3 is 2.59 bits per heavy atom. The molecular weight excluding hydrogens is 428 g/mol. The van der Waals surface area contributed by atoms with E-state index in [0.717, 1.165) is 29.3 Å². The van der Waals surface area contributed by atoms with Crippen molar-refractivity contribution in [3.63, 3.8) is 0 Å². The van der Waals surface area contributed by atoms with E-state index >= 15 is 0 Å². The van der Waals surface area contributed by atoms with Gasteiger partial charge < -0.3 is 14.1 Å². The second-order valence-electron chi connectivity index (χ2n) is 8.12. The summed E-state index contributed by atoms with van der Waals surface area (Å²) in [6.45, 7) is 1.73. The van der Waals surface area contributed by atoms with Crippen molar-refractivity contribution in [2.24, 2.45) is 0 Å². The van der Waals surface area contributed by atoms with E-state index < -0.39 is 10.0 Å². The molecular formula is C23H20N4O4S. The molecule has 0 bridgehead atoms. The van der Waals surface area contributed by atoms with Gasteiger partial charge in [-0.15, -0.1) is 0 Å². The molecule has 0 amide bonds. The lowest BCUT2D eigenvalue weighted by Crippen LogP contribution is -2.12. The van der Waals surface area contributed by atoms with Crippen LogP contribution < -0.4 is 0 Å². The van der Waals surface area contributed by atoms with E-state index in [-0.39, 0.29) is 17.5 Å². The summed E-state index contributed by atoms with van der Waals surface area (Å²) in [6.07, 6.45) is 5.18. The molecule has 0 radical (unpaired) electrons. The molecule has 0 saturated heterocycles. The fourth-order valence-electron chi connectivity index (χ4n) is 4.11. The Morgan fingerprint density at radius 2 is 1.91 bits per heavy atom. The Bertz CT molecular complexity index is 1590. The van der Waals surface area contributed by atoms with E-state index in [0.29, 0.717) is 28.5 Å². The smallest absolute Gasteiger partial charge is 0.269 e. The summed E-state index contributed by atoms with van der Waals surface area (Å²) in [4.78, 5) is 9.43. The molecule has 0 aliphatic heterocycles. The maximum Gasteiger partial charge on any atom is 0.269 e. The molecule has 32 heavy (non-hydrogen) atoms. The molecule has 5 aromatic rings. The lowest BCUT2D eigenvalue weighted by molar-refractivity contribution is 0.248. The van der Waals surface area contributed by atoms with Gasteiger partial charge in [-0.25, -0.2) is 22.4 Å². The van der Waals surface area contributed by atoms with Crippen LogP contribution in [-0.2, 0) is 16.6 Å². The molecule has 1 aliphatic carbocycles. The van der Waals surface area contributed by atoms with Gasteiger partial charge in [0, 0.05) is 17.6 Å². The van der Waals surface area contributed by atoms with Crippen LogP contribution in [0.25, 0.3) is 33.7 Å². The molecule has 6 rings (SSSR count). The standard InChI is InChI=1S/C23H20N4O4S/c1-14-2-7-17(8-3-14)32(29,30)26-11-10-18-21-19(12-24-22(18)26)25-23(27(21)15-4-5-15)20-9-6-16(13-28)31-20/h2-3,6-12,15,28H,4-5,13H2,1H3. The van der Waals surface area contributed by atoms with Crippen molar-refractivity contribution in [2.75, 3.05) is 0 Å². The van der Waals surface area contributed by atoms with E-state index in [4.69, 9.17) is 9.40 Å². The second-order valence-corrected chi connectivity index (χ2v) is 9.93. The SMILES string of the molecule is Cc1ccc(S(=O)(=O)n2ccc3c2ncc2nc(-c4ccc(CO)o4)n(C4CC4)c23)cc1. The highest BCUT2D eigenvalue weighted by atomic mass is 32.2. The van der Waals surface area contributed by atoms with E-state index in [1.165, 1.54) is 3.97 Å². The first-order valence-corrected chi connectivity index (χ1v) is 11.8. The van der Waals surface area contributed by atoms with Gasteiger partial charge in [-0.2, -0.15) is 0 Å². The second kappa shape index (κ2) is 6.78. The molecule has 1 N–H and O–H groups in total. The number of aliphatic hydroxyl groups excluding tert-OH is 1. The number of benzene rings is 1. The number of fused-ring (bicyclic) bond motifs is 3. The van der Waals surface area contributed by atoms with E-state index in [1.54, 1.807) is 54.9 Å². The van der Waals surface area contributed by atoms with Crippen molar-refractivity contribution >= 4 is 32.1 Å². The van der Waals surface area contributed by atoms with Crippen LogP contribution in [0.2, 0.25) is 0 Å². The summed E-state index contributed by atoms with van der Waals surface area (Å²) in [7, 11) is -3.79. The van der Waals surface area contributed by atoms with Crippen LogP contribution in [0, 0.1) is 6.92 Å². The van der Waals surface area contributed by atoms with Gasteiger partial charge in [-0.1, -0.05) is 17.7 Å². The van der Waals surface area contributed by atoms with Crippen LogP contribution in [0.15, 0.2) is 64.2 Å². The quantitative estimate of drug-likeness (QED) is 0.436. The zero-order chi connectivity index (χ0) is 22.0. The monoisotopic (exact) mass is 448 g/mol. The number of aromatic nitrogens is 4. The van der Waals surface area contributed by atoms with Gasteiger partial charge in [-0.05, 0) is 50.1 Å². The largest absolute Gasteiger partial charge is 0.455 e. The number of imidazole rings is 1. The van der Waals surface area contributed by atoms with Crippen molar-refractivity contribution in [3.8, 4) is 11.6 Å². The summed E-state index contributed by atoms with van der Waals surface area (Å²) in [5.74, 6) is 1.69. The average molecular weight is 449 g/mol. The first-order valence-electron chi connectivity index (χ1n) is 10.4. The first-order chi connectivity index (χ1) is 15.5. The molecule has 4 heterocycles. The number of aliphatic hydroxyl groups is 1. The Balaban J connectivity index is 1.58. The van der Waals surface area contributed by atoms with Crippen molar-refractivity contribution < 1.29 is 17.9 Å². The minimum atomic E-state index is -3.79. The van der Waals surface area contributed by atoms with Crippen LogP contribution in [0.4, 0.5) is 0 Å². The minimum Gasteiger partial charge on any atom is -0.455 e. The van der Waals surface area contributed by atoms with Crippen molar-refractivity contribution in [1.29, 1.82) is 0 Å². The zero-order valence-electron chi connectivity index (χ0n) is 17.3. The number of furan rings is 1. The van der Waals surface area contributed by atoms with Gasteiger partial charge in [0.25, 0.3) is 10.0 Å². The van der Waals surface area contributed by atoms with Crippen molar-refractivity contribution in [3.05, 3.63) is 66.2 Å². The fourth-order valence-corrected chi connectivity index (χ4v) is 5.41. The van der Waals surface area contributed by atoms with Crippen molar-refractivity contribution in [1.82, 2.24) is 18.5 Å². The molecule has 1 aliphatic rings. The number of hydrogen-bond donors (Lipinski definition) is 1. The number of rotatable bonds is 5. The highest BCUT2D eigenvalue weighted by Crippen LogP contribution is 2.43. The Labute approximate surface area is 183 Å². The highest BCUT2D eigenvalue weighted by Gasteiger charge is 2.31. The molecule has 9 heteroatoms. The topological polar surface area (TPSA) is 103 Å². The maximum absolute atomic E-state index is 13.3. The van der Waals surface area contributed by atoms with Gasteiger partial charge in [-0.3, -0.25) is 0 Å². The highest BCUT2D eigenvalue weighted by molar-refractivity contribution is 7.90. The predicted molar refractivity (Wildman–Crippen MR) is 119 cm³/mol. The average Bonchev–Trinajstić information content (AvgIpc) is 3.21. The molecule has 4 aromatic heterocycles. The normalized spacial score (nSPS) is 14.6. The lowest BCUT2D eigenvalue weighted by Gasteiger charge is -2.09. The number of hydrogen-bond acceptors (Lipinski definition) is 6. The molecule has 1 saturated carbocycles. The summed E-state index contributed by atoms with van der Waals surface area (Å²) in [5.41, 5.74) is 2.87. The third-order valence-electron chi connectivity index (χ3n) is 5.86. The summed E-state index contributed by atoms with van der Waals surface area (Å²) < 4.78 is 35.7. The molecule has 162 valence electrons. The Kier molecular flexibility index (Phi) is 4.08. The molecule has 0 unspecified atom stereocenters. The van der Waals surface area contributed by atoms with Gasteiger partial charge in [0.05, 0.1) is 16.6 Å². The van der Waals surface area contributed by atoms with Crippen LogP contribution in [0.5, 0.6) is 0 Å². The molecule has 0 atom stereocenters. The summed E-state index contributed by atoms with van der Waals surface area (Å²) >= 11 is 0. The van der Waals surface area contributed by atoms with Gasteiger partial charge in [0.1, 0.15) is 17.9 Å². The van der Waals surface area contributed by atoms with Gasteiger partial charge >= 0.3 is 0 Å². The number of nitrogens with zero attached hydrogens (tertiary/aromatic N) is 4. The van der Waals surface area contributed by atoms with Gasteiger partial charge in [0.2, 0.25) is 0 Å². The number of aryl methyl sites for hydroxylation is 1. The fraction of sp³-hybridized carbons (Fsp3) is 0.217. The lowest BCUT2D eigenvalue weighted by atomic mass is 10.2. The van der Waals surface area contributed by atoms with Crippen LogP contribution in [-0.4, -0.2) is 32.0 Å². The third-order valence-corrected chi connectivity index (χ3v) is 7.54. The van der Waals surface area contributed by atoms with Crippen LogP contribution >= 0.6 is 0 Å². The minimum absolute atomic E-state index is 0.185. The van der Waals surface area contributed by atoms with Crippen LogP contribution in [0.3, 0.4) is 0 Å². The van der Waals surface area contributed by atoms with E-state index in [2.05, 4.69) is 9.55 Å². The molecule has 8 nitrogen and oxygen atoms in total. The number of pyridine rings is 1. The zero-order valence-corrected chi connectivity index (χ0v) is 18.1. The van der Waals surface area contributed by atoms with Crippen LogP contribution in [0.1, 0.15) is 30.2 Å². The first kappa shape index (κ1) is 19.3. The van der Waals surface area contributed by atoms with Gasteiger partial charge in [0.15, 0.2) is 17.2 Å². The summed E-state index contributed by atoms with van der Waals surface area (Å²) in [5, 5.41) is 10.1.